The van der Waals surface area contributed by atoms with Crippen LogP contribution < -0.4 is 5.01 Å². The van der Waals surface area contributed by atoms with E-state index < -0.39 is 0 Å². The maximum atomic E-state index is 10.9. The van der Waals surface area contributed by atoms with Crippen molar-refractivity contribution in [2.24, 2.45) is 0 Å². The Bertz CT molecular complexity index is 425. The van der Waals surface area contributed by atoms with E-state index in [1.807, 2.05) is 18.9 Å². The van der Waals surface area contributed by atoms with Crippen LogP contribution in [0, 0.1) is 13.8 Å². The van der Waals surface area contributed by atoms with E-state index in [0.29, 0.717) is 5.69 Å². The molecule has 1 aliphatic heterocycles. The van der Waals surface area contributed by atoms with E-state index in [4.69, 9.17) is 0 Å². The van der Waals surface area contributed by atoms with Crippen molar-refractivity contribution < 1.29 is 9.59 Å². The smallest absolute Gasteiger partial charge is 0.170 e. The van der Waals surface area contributed by atoms with Crippen LogP contribution in [-0.4, -0.2) is 35.0 Å². The van der Waals surface area contributed by atoms with Gasteiger partial charge in [0.2, 0.25) is 0 Å². The van der Waals surface area contributed by atoms with Gasteiger partial charge in [0.05, 0.1) is 5.69 Å². The highest BCUT2D eigenvalue weighted by molar-refractivity contribution is 5.74. The van der Waals surface area contributed by atoms with E-state index in [9.17, 15) is 9.59 Å². The highest BCUT2D eigenvalue weighted by Crippen LogP contribution is 2.18. The van der Waals surface area contributed by atoms with Crippen molar-refractivity contribution in [3.63, 3.8) is 0 Å². The number of carbonyl (C=O) groups excluding carboxylic acids is 2. The third-order valence-electron chi connectivity index (χ3n) is 3.21. The van der Waals surface area contributed by atoms with Crippen molar-refractivity contribution in [2.45, 2.75) is 32.7 Å². The lowest BCUT2D eigenvalue weighted by atomic mass is 10.2. The van der Waals surface area contributed by atoms with E-state index >= 15 is 0 Å². The lowest BCUT2D eigenvalue weighted by Gasteiger charge is -2.23. The number of nitrogens with zero attached hydrogens (tertiary/aromatic N) is 3. The number of carbonyl (C=O) groups is 2. The van der Waals surface area contributed by atoms with Gasteiger partial charge in [-0.25, -0.2) is 0 Å². The van der Waals surface area contributed by atoms with Crippen LogP contribution in [0.15, 0.2) is 0 Å². The second-order valence-electron chi connectivity index (χ2n) is 4.11. The first-order chi connectivity index (χ1) is 7.69. The Hall–Kier alpha value is -1.65. The molecule has 0 N–H and O–H groups in total. The molecule has 0 amide bonds. The van der Waals surface area contributed by atoms with Crippen LogP contribution >= 0.6 is 0 Å². The Morgan fingerprint density at radius 2 is 2.12 bits per heavy atom. The zero-order chi connectivity index (χ0) is 11.7. The fourth-order valence-electron chi connectivity index (χ4n) is 2.10. The first-order valence-electron chi connectivity index (χ1n) is 5.42. The van der Waals surface area contributed by atoms with Gasteiger partial charge in [0, 0.05) is 12.1 Å². The maximum Gasteiger partial charge on any atom is 0.170 e. The topological polar surface area (TPSA) is 55.2 Å². The SMILES string of the molecule is Cc1c(C=O)nn(N2CCC[C@H]2C=O)c1C. The summed E-state index contributed by atoms with van der Waals surface area (Å²) in [5, 5.41) is 6.14. The van der Waals surface area contributed by atoms with Gasteiger partial charge in [0.15, 0.2) is 6.29 Å². The number of hydrogen-bond acceptors (Lipinski definition) is 4. The van der Waals surface area contributed by atoms with Gasteiger partial charge in [-0.1, -0.05) is 0 Å². The molecule has 0 radical (unpaired) electrons. The standard InChI is InChI=1S/C11H15N3O2/c1-8-9(2)14(12-11(8)7-16)13-5-3-4-10(13)6-15/h6-7,10H,3-5H2,1-2H3/t10-/m0/s1. The predicted molar refractivity (Wildman–Crippen MR) is 59.3 cm³/mol. The van der Waals surface area contributed by atoms with Gasteiger partial charge in [-0.15, -0.1) is 5.10 Å². The predicted octanol–water partition coefficient (Wildman–Crippen LogP) is 0.612. The van der Waals surface area contributed by atoms with Crippen molar-refractivity contribution in [2.75, 3.05) is 11.6 Å². The van der Waals surface area contributed by atoms with E-state index in [1.165, 1.54) is 0 Å². The van der Waals surface area contributed by atoms with Gasteiger partial charge in [-0.2, -0.15) is 4.79 Å². The lowest BCUT2D eigenvalue weighted by Crippen LogP contribution is -2.41. The number of aldehydes is 2. The zero-order valence-corrected chi connectivity index (χ0v) is 9.51. The fraction of sp³-hybridized carbons (Fsp3) is 0.545. The van der Waals surface area contributed by atoms with Crippen molar-refractivity contribution in [1.29, 1.82) is 0 Å². The summed E-state index contributed by atoms with van der Waals surface area (Å²) in [6, 6.07) is -0.113. The van der Waals surface area contributed by atoms with Crippen molar-refractivity contribution in [3.8, 4) is 0 Å². The van der Waals surface area contributed by atoms with Gasteiger partial charge < -0.3 is 4.79 Å². The van der Waals surface area contributed by atoms with Crippen molar-refractivity contribution in [3.05, 3.63) is 17.0 Å². The molecule has 2 rings (SSSR count). The quantitative estimate of drug-likeness (QED) is 0.702. The zero-order valence-electron chi connectivity index (χ0n) is 9.51. The van der Waals surface area contributed by atoms with Crippen LogP contribution in [0.5, 0.6) is 0 Å². The van der Waals surface area contributed by atoms with Crippen LogP contribution in [0.2, 0.25) is 0 Å². The van der Waals surface area contributed by atoms with E-state index in [-0.39, 0.29) is 6.04 Å². The summed E-state index contributed by atoms with van der Waals surface area (Å²) in [4.78, 5) is 23.4. The highest BCUT2D eigenvalue weighted by atomic mass is 16.1. The lowest BCUT2D eigenvalue weighted by molar-refractivity contribution is -0.109. The third kappa shape index (κ3) is 1.52. The molecular weight excluding hydrogens is 206 g/mol. The number of aromatic nitrogens is 2. The number of hydrogen-bond donors (Lipinski definition) is 0. The Morgan fingerprint density at radius 1 is 1.38 bits per heavy atom. The molecule has 1 atom stereocenters. The van der Waals surface area contributed by atoms with Crippen molar-refractivity contribution >= 4 is 12.6 Å². The molecule has 1 aromatic heterocycles. The fourth-order valence-corrected chi connectivity index (χ4v) is 2.10. The van der Waals surface area contributed by atoms with E-state index in [1.54, 1.807) is 4.79 Å². The molecule has 86 valence electrons. The summed E-state index contributed by atoms with van der Waals surface area (Å²) in [6.45, 7) is 4.59. The van der Waals surface area contributed by atoms with Crippen LogP contribution in [0.4, 0.5) is 0 Å². The van der Waals surface area contributed by atoms with Crippen LogP contribution in [0.1, 0.15) is 34.6 Å². The van der Waals surface area contributed by atoms with E-state index in [2.05, 4.69) is 5.10 Å². The summed E-state index contributed by atoms with van der Waals surface area (Å²) >= 11 is 0. The highest BCUT2D eigenvalue weighted by Gasteiger charge is 2.27. The first-order valence-corrected chi connectivity index (χ1v) is 5.42. The Balaban J connectivity index is 2.40. The average molecular weight is 221 g/mol. The molecule has 1 saturated heterocycles. The molecule has 0 aliphatic carbocycles. The molecule has 5 nitrogen and oxygen atoms in total. The molecule has 1 fully saturated rings. The normalized spacial score (nSPS) is 20.1. The van der Waals surface area contributed by atoms with Gasteiger partial charge in [0.25, 0.3) is 0 Å². The minimum Gasteiger partial charge on any atom is -0.301 e. The van der Waals surface area contributed by atoms with Crippen molar-refractivity contribution in [1.82, 2.24) is 9.89 Å². The Kier molecular flexibility index (Phi) is 2.77. The molecule has 1 aliphatic rings. The van der Waals surface area contributed by atoms with Crippen LogP contribution in [0.25, 0.3) is 0 Å². The Morgan fingerprint density at radius 3 is 2.69 bits per heavy atom. The summed E-state index contributed by atoms with van der Waals surface area (Å²) in [5.41, 5.74) is 2.26. The monoisotopic (exact) mass is 221 g/mol. The Labute approximate surface area is 94.0 Å². The summed E-state index contributed by atoms with van der Waals surface area (Å²) in [6.07, 6.45) is 3.55. The van der Waals surface area contributed by atoms with Gasteiger partial charge in [-0.05, 0) is 26.7 Å². The minimum atomic E-state index is -0.113. The third-order valence-corrected chi connectivity index (χ3v) is 3.21. The van der Waals surface area contributed by atoms with E-state index in [0.717, 1.165) is 43.2 Å². The molecule has 1 aromatic rings. The van der Waals surface area contributed by atoms with Crippen LogP contribution in [-0.2, 0) is 4.79 Å². The average Bonchev–Trinajstić information content (AvgIpc) is 2.86. The molecule has 0 bridgehead atoms. The van der Waals surface area contributed by atoms with Gasteiger partial charge in [0.1, 0.15) is 18.0 Å². The second-order valence-corrected chi connectivity index (χ2v) is 4.11. The molecule has 0 saturated carbocycles. The first kappa shape index (κ1) is 10.9. The van der Waals surface area contributed by atoms with Gasteiger partial charge in [-0.3, -0.25) is 9.80 Å². The summed E-state index contributed by atoms with van der Waals surface area (Å²) in [5.74, 6) is 0. The molecule has 0 spiro atoms. The number of rotatable bonds is 3. The summed E-state index contributed by atoms with van der Waals surface area (Å²) < 4.78 is 0. The second kappa shape index (κ2) is 4.08. The summed E-state index contributed by atoms with van der Waals surface area (Å²) in [7, 11) is 0. The molecule has 16 heavy (non-hydrogen) atoms. The largest absolute Gasteiger partial charge is 0.301 e. The molecule has 0 unspecified atom stereocenters. The molecule has 2 heterocycles. The van der Waals surface area contributed by atoms with Gasteiger partial charge >= 0.3 is 0 Å². The molecule has 0 aromatic carbocycles. The molecular formula is C11H15N3O2. The van der Waals surface area contributed by atoms with Crippen LogP contribution in [0.3, 0.4) is 0 Å². The maximum absolute atomic E-state index is 10.9. The molecule has 5 heteroatoms. The minimum absolute atomic E-state index is 0.113.